The van der Waals surface area contributed by atoms with Crippen LogP contribution in [0.2, 0.25) is 0 Å². The monoisotopic (exact) mass is 320 g/mol. The van der Waals surface area contributed by atoms with E-state index in [-0.39, 0.29) is 24.2 Å². The minimum atomic E-state index is 0.0928. The maximum absolute atomic E-state index is 12.4. The normalized spacial score (nSPS) is 22.7. The van der Waals surface area contributed by atoms with E-state index in [2.05, 4.69) is 12.2 Å². The molecule has 0 saturated carbocycles. The van der Waals surface area contributed by atoms with Crippen LogP contribution in [-0.4, -0.2) is 49.3 Å². The molecule has 1 aliphatic rings. The van der Waals surface area contributed by atoms with Gasteiger partial charge < -0.3 is 19.7 Å². The number of amides is 1. The maximum Gasteiger partial charge on any atom is 0.236 e. The van der Waals surface area contributed by atoms with E-state index in [1.807, 2.05) is 49.9 Å². The number of morpholine rings is 1. The van der Waals surface area contributed by atoms with Crippen molar-refractivity contribution < 1.29 is 14.3 Å². The molecule has 1 amide bonds. The Morgan fingerprint density at radius 1 is 1.39 bits per heavy atom. The molecule has 1 fully saturated rings. The summed E-state index contributed by atoms with van der Waals surface area (Å²) in [4.78, 5) is 14.3. The van der Waals surface area contributed by atoms with Crippen LogP contribution in [-0.2, 0) is 9.53 Å². The molecular formula is C18H28N2O3. The minimum absolute atomic E-state index is 0.0928. The molecule has 1 aliphatic heterocycles. The largest absolute Gasteiger partial charge is 0.494 e. The molecule has 1 aromatic carbocycles. The number of ether oxygens (including phenoxy) is 2. The van der Waals surface area contributed by atoms with E-state index >= 15 is 0 Å². The first-order chi connectivity index (χ1) is 11.0. The fourth-order valence-corrected chi connectivity index (χ4v) is 2.89. The molecule has 1 aromatic rings. The molecule has 5 heteroatoms. The van der Waals surface area contributed by atoms with Crippen molar-refractivity contribution in [3.8, 4) is 5.75 Å². The summed E-state index contributed by atoms with van der Waals surface area (Å²) in [5.74, 6) is 0.987. The molecule has 0 radical (unpaired) electrons. The molecule has 3 atom stereocenters. The third-order valence-corrected chi connectivity index (χ3v) is 4.00. The van der Waals surface area contributed by atoms with E-state index < -0.39 is 0 Å². The van der Waals surface area contributed by atoms with E-state index in [0.717, 1.165) is 11.3 Å². The van der Waals surface area contributed by atoms with E-state index in [1.165, 1.54) is 0 Å². The zero-order valence-electron chi connectivity index (χ0n) is 14.5. The number of hydrogen-bond acceptors (Lipinski definition) is 4. The van der Waals surface area contributed by atoms with Gasteiger partial charge >= 0.3 is 0 Å². The van der Waals surface area contributed by atoms with Gasteiger partial charge in [-0.1, -0.05) is 12.1 Å². The van der Waals surface area contributed by atoms with Crippen molar-refractivity contribution >= 4 is 5.91 Å². The summed E-state index contributed by atoms with van der Waals surface area (Å²) >= 11 is 0. The topological polar surface area (TPSA) is 50.8 Å². The Morgan fingerprint density at radius 2 is 2.09 bits per heavy atom. The fraction of sp³-hybridized carbons (Fsp3) is 0.611. The summed E-state index contributed by atoms with van der Waals surface area (Å²) in [6.45, 7) is 10.4. The molecule has 0 aliphatic carbocycles. The van der Waals surface area contributed by atoms with Gasteiger partial charge in [-0.3, -0.25) is 4.79 Å². The van der Waals surface area contributed by atoms with Crippen LogP contribution in [0.1, 0.15) is 39.3 Å². The van der Waals surface area contributed by atoms with Crippen LogP contribution in [0.5, 0.6) is 5.75 Å². The van der Waals surface area contributed by atoms with E-state index in [0.29, 0.717) is 26.2 Å². The molecule has 0 aromatic heterocycles. The lowest BCUT2D eigenvalue weighted by Crippen LogP contribution is -2.50. The van der Waals surface area contributed by atoms with E-state index in [1.54, 1.807) is 0 Å². The maximum atomic E-state index is 12.4. The van der Waals surface area contributed by atoms with Gasteiger partial charge in [0, 0.05) is 19.1 Å². The number of nitrogens with zero attached hydrogens (tertiary/aromatic N) is 1. The quantitative estimate of drug-likeness (QED) is 0.874. The Morgan fingerprint density at radius 3 is 2.74 bits per heavy atom. The van der Waals surface area contributed by atoms with Gasteiger partial charge in [-0.05, 0) is 45.4 Å². The first-order valence-electron chi connectivity index (χ1n) is 8.39. The molecule has 0 spiro atoms. The molecule has 0 unspecified atom stereocenters. The predicted octanol–water partition coefficient (Wildman–Crippen LogP) is 2.37. The standard InChI is InChI=1S/C18H28N2O3/c1-5-22-17-8-6-7-16(9-17)15(4)19-10-18(21)20-11-13(2)23-14(3)12-20/h6-9,13-15,19H,5,10-12H2,1-4H3/t13-,14+,15-/m1/s1. The number of hydrogen-bond donors (Lipinski definition) is 1. The lowest BCUT2D eigenvalue weighted by Gasteiger charge is -2.35. The van der Waals surface area contributed by atoms with Crippen molar-refractivity contribution in [2.24, 2.45) is 0 Å². The van der Waals surface area contributed by atoms with Crippen molar-refractivity contribution in [3.63, 3.8) is 0 Å². The van der Waals surface area contributed by atoms with Gasteiger partial charge in [0.15, 0.2) is 0 Å². The summed E-state index contributed by atoms with van der Waals surface area (Å²) in [5.41, 5.74) is 1.12. The molecule has 1 saturated heterocycles. The van der Waals surface area contributed by atoms with Crippen LogP contribution < -0.4 is 10.1 Å². The van der Waals surface area contributed by atoms with Gasteiger partial charge in [-0.2, -0.15) is 0 Å². The molecule has 1 N–H and O–H groups in total. The highest BCUT2D eigenvalue weighted by Gasteiger charge is 2.25. The van der Waals surface area contributed by atoms with Crippen LogP contribution in [0.15, 0.2) is 24.3 Å². The SMILES string of the molecule is CCOc1cccc([C@@H](C)NCC(=O)N2C[C@@H](C)O[C@@H](C)C2)c1. The summed E-state index contributed by atoms with van der Waals surface area (Å²) in [5, 5.41) is 3.31. The number of nitrogens with one attached hydrogen (secondary N) is 1. The number of carbonyl (C=O) groups is 1. The van der Waals surface area contributed by atoms with Crippen LogP contribution >= 0.6 is 0 Å². The highest BCUT2D eigenvalue weighted by Crippen LogP contribution is 2.19. The second-order valence-corrected chi connectivity index (χ2v) is 6.16. The second-order valence-electron chi connectivity index (χ2n) is 6.16. The Hall–Kier alpha value is -1.59. The summed E-state index contributed by atoms with van der Waals surface area (Å²) < 4.78 is 11.2. The Labute approximate surface area is 139 Å². The molecule has 2 rings (SSSR count). The van der Waals surface area contributed by atoms with Crippen LogP contribution in [0, 0.1) is 0 Å². The Bertz CT molecular complexity index is 511. The lowest BCUT2D eigenvalue weighted by molar-refractivity contribution is -0.142. The van der Waals surface area contributed by atoms with Gasteiger partial charge in [0.25, 0.3) is 0 Å². The first kappa shape index (κ1) is 17.8. The Kier molecular flexibility index (Phi) is 6.42. The fourth-order valence-electron chi connectivity index (χ4n) is 2.89. The summed E-state index contributed by atoms with van der Waals surface area (Å²) in [6, 6.07) is 8.08. The Balaban J connectivity index is 1.87. The zero-order chi connectivity index (χ0) is 16.8. The molecule has 0 bridgehead atoms. The van der Waals surface area contributed by atoms with Crippen molar-refractivity contribution in [2.45, 2.75) is 45.9 Å². The van der Waals surface area contributed by atoms with Gasteiger partial charge in [0.1, 0.15) is 5.75 Å². The summed E-state index contributed by atoms with van der Waals surface area (Å²) in [6.07, 6.45) is 0.200. The van der Waals surface area contributed by atoms with E-state index in [4.69, 9.17) is 9.47 Å². The number of carbonyl (C=O) groups excluding carboxylic acids is 1. The average molecular weight is 320 g/mol. The van der Waals surface area contributed by atoms with Crippen molar-refractivity contribution in [3.05, 3.63) is 29.8 Å². The summed E-state index contributed by atoms with van der Waals surface area (Å²) in [7, 11) is 0. The van der Waals surface area contributed by atoms with Crippen molar-refractivity contribution in [1.82, 2.24) is 10.2 Å². The minimum Gasteiger partial charge on any atom is -0.494 e. The van der Waals surface area contributed by atoms with Gasteiger partial charge in [0.05, 0.1) is 25.4 Å². The highest BCUT2D eigenvalue weighted by atomic mass is 16.5. The molecule has 5 nitrogen and oxygen atoms in total. The third kappa shape index (κ3) is 5.22. The van der Waals surface area contributed by atoms with Crippen LogP contribution in [0.4, 0.5) is 0 Å². The lowest BCUT2D eigenvalue weighted by atomic mass is 10.1. The van der Waals surface area contributed by atoms with Crippen molar-refractivity contribution in [1.29, 1.82) is 0 Å². The zero-order valence-corrected chi connectivity index (χ0v) is 14.5. The molecule has 23 heavy (non-hydrogen) atoms. The van der Waals surface area contributed by atoms with Crippen molar-refractivity contribution in [2.75, 3.05) is 26.2 Å². The predicted molar refractivity (Wildman–Crippen MR) is 90.6 cm³/mol. The smallest absolute Gasteiger partial charge is 0.236 e. The van der Waals surface area contributed by atoms with Gasteiger partial charge in [0.2, 0.25) is 5.91 Å². The van der Waals surface area contributed by atoms with Crippen LogP contribution in [0.25, 0.3) is 0 Å². The van der Waals surface area contributed by atoms with Gasteiger partial charge in [-0.15, -0.1) is 0 Å². The number of benzene rings is 1. The first-order valence-corrected chi connectivity index (χ1v) is 8.39. The second kappa shape index (κ2) is 8.31. The van der Waals surface area contributed by atoms with Crippen LogP contribution in [0.3, 0.4) is 0 Å². The molecular weight excluding hydrogens is 292 g/mol. The molecule has 128 valence electrons. The highest BCUT2D eigenvalue weighted by molar-refractivity contribution is 5.78. The van der Waals surface area contributed by atoms with E-state index in [9.17, 15) is 4.79 Å². The molecule has 1 heterocycles. The average Bonchev–Trinajstić information content (AvgIpc) is 2.52. The number of rotatable bonds is 6. The van der Waals surface area contributed by atoms with Gasteiger partial charge in [-0.25, -0.2) is 0 Å². The third-order valence-electron chi connectivity index (χ3n) is 4.00.